The van der Waals surface area contributed by atoms with Gasteiger partial charge in [-0.05, 0) is 18.6 Å². The van der Waals surface area contributed by atoms with E-state index in [2.05, 4.69) is 11.4 Å². The van der Waals surface area contributed by atoms with Crippen LogP contribution in [-0.2, 0) is 4.79 Å². The third-order valence-corrected chi connectivity index (χ3v) is 2.31. The zero-order valence-electron chi connectivity index (χ0n) is 9.74. The van der Waals surface area contributed by atoms with Crippen molar-refractivity contribution in [1.82, 2.24) is 4.90 Å². The molecular weight excluding hydrogens is 202 g/mol. The van der Waals surface area contributed by atoms with E-state index in [0.29, 0.717) is 11.3 Å². The van der Waals surface area contributed by atoms with Crippen molar-refractivity contribution in [3.8, 4) is 6.07 Å². The molecule has 1 amide bonds. The maximum atomic E-state index is 11.4. The number of nitriles is 1. The zero-order chi connectivity index (χ0) is 12.1. The number of hydrogen-bond donors (Lipinski definition) is 1. The van der Waals surface area contributed by atoms with Gasteiger partial charge in [0, 0.05) is 14.1 Å². The zero-order valence-corrected chi connectivity index (χ0v) is 9.74. The summed E-state index contributed by atoms with van der Waals surface area (Å²) in [6.45, 7) is 2.07. The molecule has 4 heteroatoms. The second-order valence-corrected chi connectivity index (χ2v) is 3.75. The van der Waals surface area contributed by atoms with Crippen molar-refractivity contribution in [2.75, 3.05) is 26.0 Å². The maximum absolute atomic E-state index is 11.4. The van der Waals surface area contributed by atoms with Crippen molar-refractivity contribution in [2.45, 2.75) is 6.92 Å². The quantitative estimate of drug-likeness (QED) is 0.831. The number of nitrogens with zero attached hydrogens (tertiary/aromatic N) is 2. The molecule has 0 aliphatic rings. The van der Waals surface area contributed by atoms with E-state index in [9.17, 15) is 4.79 Å². The number of likely N-dealkylation sites (N-methyl/N-ethyl adjacent to an activating group) is 1. The van der Waals surface area contributed by atoms with E-state index in [1.54, 1.807) is 20.2 Å². The van der Waals surface area contributed by atoms with Crippen LogP contribution in [0.15, 0.2) is 18.2 Å². The minimum absolute atomic E-state index is 0.0228. The van der Waals surface area contributed by atoms with Crippen molar-refractivity contribution < 1.29 is 4.79 Å². The Morgan fingerprint density at radius 2 is 2.19 bits per heavy atom. The molecule has 1 aromatic carbocycles. The summed E-state index contributed by atoms with van der Waals surface area (Å²) in [6, 6.07) is 7.66. The normalized spacial score (nSPS) is 9.38. The third-order valence-electron chi connectivity index (χ3n) is 2.31. The lowest BCUT2D eigenvalue weighted by atomic mass is 10.1. The van der Waals surface area contributed by atoms with Gasteiger partial charge in [0.2, 0.25) is 5.91 Å². The highest BCUT2D eigenvalue weighted by molar-refractivity contribution is 5.81. The smallest absolute Gasteiger partial charge is 0.241 e. The number of aryl methyl sites for hydroxylation is 1. The third kappa shape index (κ3) is 2.74. The van der Waals surface area contributed by atoms with Gasteiger partial charge < -0.3 is 10.2 Å². The summed E-state index contributed by atoms with van der Waals surface area (Å²) in [6.07, 6.45) is 0. The van der Waals surface area contributed by atoms with E-state index in [1.165, 1.54) is 4.90 Å². The number of amides is 1. The Morgan fingerprint density at radius 1 is 1.50 bits per heavy atom. The number of nitrogens with one attached hydrogen (secondary N) is 1. The fraction of sp³-hybridized carbons (Fsp3) is 0.333. The summed E-state index contributed by atoms with van der Waals surface area (Å²) in [7, 11) is 3.40. The number of carbonyl (C=O) groups is 1. The van der Waals surface area contributed by atoms with Gasteiger partial charge in [0.1, 0.15) is 6.07 Å². The lowest BCUT2D eigenvalue weighted by molar-refractivity contribution is -0.126. The second-order valence-electron chi connectivity index (χ2n) is 3.75. The number of carbonyl (C=O) groups excluding carboxylic acids is 1. The van der Waals surface area contributed by atoms with Crippen molar-refractivity contribution >= 4 is 11.6 Å². The molecule has 0 fully saturated rings. The summed E-state index contributed by atoms with van der Waals surface area (Å²) in [5, 5.41) is 12.0. The summed E-state index contributed by atoms with van der Waals surface area (Å²) < 4.78 is 0. The van der Waals surface area contributed by atoms with Crippen LogP contribution >= 0.6 is 0 Å². The highest BCUT2D eigenvalue weighted by Gasteiger charge is 2.07. The molecule has 0 atom stereocenters. The summed E-state index contributed by atoms with van der Waals surface area (Å²) >= 11 is 0. The van der Waals surface area contributed by atoms with Gasteiger partial charge in [0.15, 0.2) is 0 Å². The highest BCUT2D eigenvalue weighted by Crippen LogP contribution is 2.17. The molecule has 4 nitrogen and oxygen atoms in total. The fourth-order valence-corrected chi connectivity index (χ4v) is 1.29. The van der Waals surface area contributed by atoms with E-state index < -0.39 is 0 Å². The minimum atomic E-state index is -0.0228. The number of benzene rings is 1. The van der Waals surface area contributed by atoms with Crippen LogP contribution in [-0.4, -0.2) is 31.4 Å². The van der Waals surface area contributed by atoms with E-state index >= 15 is 0 Å². The molecule has 0 saturated carbocycles. The molecular formula is C12H15N3O. The molecule has 0 radical (unpaired) electrons. The van der Waals surface area contributed by atoms with Gasteiger partial charge in [0.25, 0.3) is 0 Å². The van der Waals surface area contributed by atoms with Crippen LogP contribution in [0.2, 0.25) is 0 Å². The number of anilines is 1. The van der Waals surface area contributed by atoms with Crippen molar-refractivity contribution in [1.29, 1.82) is 5.26 Å². The highest BCUT2D eigenvalue weighted by atomic mass is 16.2. The van der Waals surface area contributed by atoms with Crippen LogP contribution in [0.3, 0.4) is 0 Å². The predicted octanol–water partition coefficient (Wildman–Crippen LogP) is 1.37. The topological polar surface area (TPSA) is 56.1 Å². The lowest BCUT2D eigenvalue weighted by Crippen LogP contribution is -2.28. The van der Waals surface area contributed by atoms with Crippen molar-refractivity contribution in [3.63, 3.8) is 0 Å². The standard InChI is InChI=1S/C12H15N3O/c1-9-5-4-6-11(10(9)7-13)14-8-12(16)15(2)3/h4-6,14H,8H2,1-3H3. The number of rotatable bonds is 3. The first-order valence-electron chi connectivity index (χ1n) is 5.00. The Bertz CT molecular complexity index is 432. The van der Waals surface area contributed by atoms with Crippen LogP contribution in [0, 0.1) is 18.3 Å². The SMILES string of the molecule is Cc1cccc(NCC(=O)N(C)C)c1C#N. The van der Waals surface area contributed by atoms with Gasteiger partial charge in [-0.3, -0.25) is 4.79 Å². The Labute approximate surface area is 95.5 Å². The molecule has 1 rings (SSSR count). The summed E-state index contributed by atoms with van der Waals surface area (Å²) in [4.78, 5) is 12.9. The minimum Gasteiger partial charge on any atom is -0.375 e. The molecule has 0 heterocycles. The van der Waals surface area contributed by atoms with E-state index in [0.717, 1.165) is 5.56 Å². The maximum Gasteiger partial charge on any atom is 0.241 e. The first-order chi connectivity index (χ1) is 7.56. The molecule has 16 heavy (non-hydrogen) atoms. The van der Waals surface area contributed by atoms with Gasteiger partial charge in [0.05, 0.1) is 17.8 Å². The summed E-state index contributed by atoms with van der Waals surface area (Å²) in [5.41, 5.74) is 2.21. The molecule has 1 aromatic rings. The molecule has 0 unspecified atom stereocenters. The molecule has 0 saturated heterocycles. The van der Waals surface area contributed by atoms with Gasteiger partial charge in [-0.1, -0.05) is 12.1 Å². The van der Waals surface area contributed by atoms with E-state index in [1.807, 2.05) is 19.1 Å². The van der Waals surface area contributed by atoms with Crippen LogP contribution in [0.1, 0.15) is 11.1 Å². The fourth-order valence-electron chi connectivity index (χ4n) is 1.29. The van der Waals surface area contributed by atoms with Crippen LogP contribution in [0.25, 0.3) is 0 Å². The first kappa shape index (κ1) is 12.1. The van der Waals surface area contributed by atoms with E-state index in [-0.39, 0.29) is 12.5 Å². The molecule has 0 bridgehead atoms. The first-order valence-corrected chi connectivity index (χ1v) is 5.00. The largest absolute Gasteiger partial charge is 0.375 e. The van der Waals surface area contributed by atoms with Gasteiger partial charge in [-0.25, -0.2) is 0 Å². The van der Waals surface area contributed by atoms with Crippen LogP contribution in [0.5, 0.6) is 0 Å². The Balaban J connectivity index is 2.79. The average molecular weight is 217 g/mol. The van der Waals surface area contributed by atoms with Gasteiger partial charge in [-0.2, -0.15) is 5.26 Å². The average Bonchev–Trinajstić information content (AvgIpc) is 2.25. The molecule has 0 aliphatic heterocycles. The molecule has 0 aromatic heterocycles. The van der Waals surface area contributed by atoms with Crippen molar-refractivity contribution in [2.24, 2.45) is 0 Å². The summed E-state index contributed by atoms with van der Waals surface area (Å²) in [5.74, 6) is -0.0228. The Morgan fingerprint density at radius 3 is 2.75 bits per heavy atom. The van der Waals surface area contributed by atoms with Crippen LogP contribution in [0.4, 0.5) is 5.69 Å². The predicted molar refractivity (Wildman–Crippen MR) is 63.1 cm³/mol. The van der Waals surface area contributed by atoms with Crippen LogP contribution < -0.4 is 5.32 Å². The molecule has 84 valence electrons. The van der Waals surface area contributed by atoms with Crippen molar-refractivity contribution in [3.05, 3.63) is 29.3 Å². The Hall–Kier alpha value is -2.02. The Kier molecular flexibility index (Phi) is 3.90. The second kappa shape index (κ2) is 5.17. The van der Waals surface area contributed by atoms with E-state index in [4.69, 9.17) is 5.26 Å². The number of hydrogen-bond acceptors (Lipinski definition) is 3. The van der Waals surface area contributed by atoms with Gasteiger partial charge >= 0.3 is 0 Å². The molecule has 0 aliphatic carbocycles. The monoisotopic (exact) mass is 217 g/mol. The lowest BCUT2D eigenvalue weighted by Gasteiger charge is -2.13. The molecule has 1 N–H and O–H groups in total. The molecule has 0 spiro atoms. The van der Waals surface area contributed by atoms with Gasteiger partial charge in [-0.15, -0.1) is 0 Å².